The summed E-state index contributed by atoms with van der Waals surface area (Å²) in [7, 11) is 0. The third-order valence-corrected chi connectivity index (χ3v) is 5.09. The number of ether oxygens (including phenoxy) is 1. The molecule has 2 heterocycles. The van der Waals surface area contributed by atoms with E-state index in [-0.39, 0.29) is 12.1 Å². The van der Waals surface area contributed by atoms with Crippen LogP contribution in [0.4, 0.5) is 16.3 Å². The molecule has 2 N–H and O–H groups in total. The van der Waals surface area contributed by atoms with E-state index in [2.05, 4.69) is 37.7 Å². The van der Waals surface area contributed by atoms with E-state index in [0.29, 0.717) is 6.61 Å². The summed E-state index contributed by atoms with van der Waals surface area (Å²) in [4.78, 5) is 23.4. The van der Waals surface area contributed by atoms with Crippen LogP contribution in [0, 0.1) is 0 Å². The Bertz CT molecular complexity index is 858. The van der Waals surface area contributed by atoms with Crippen LogP contribution in [0.25, 0.3) is 6.08 Å². The van der Waals surface area contributed by atoms with Gasteiger partial charge in [-0.15, -0.1) is 0 Å². The van der Waals surface area contributed by atoms with Crippen molar-refractivity contribution in [2.75, 3.05) is 29.9 Å². The SMILES string of the molecule is CCOc1ccc(NC(=O)NC2CCN(c3ncnc4c3C=CC4)CC2)cc1. The molecule has 1 aliphatic carbocycles. The summed E-state index contributed by atoms with van der Waals surface area (Å²) in [5.41, 5.74) is 2.99. The normalized spacial score (nSPS) is 16.0. The number of hydrogen-bond donors (Lipinski definition) is 2. The number of anilines is 2. The van der Waals surface area contributed by atoms with Gasteiger partial charge in [-0.3, -0.25) is 0 Å². The van der Waals surface area contributed by atoms with Crippen molar-refractivity contribution in [1.82, 2.24) is 15.3 Å². The van der Waals surface area contributed by atoms with Gasteiger partial charge in [0.1, 0.15) is 17.9 Å². The van der Waals surface area contributed by atoms with Crippen molar-refractivity contribution in [1.29, 1.82) is 0 Å². The number of aromatic nitrogens is 2. The number of allylic oxidation sites excluding steroid dienone is 1. The predicted octanol–water partition coefficient (Wildman–Crippen LogP) is 3.24. The van der Waals surface area contributed by atoms with Crippen LogP contribution < -0.4 is 20.3 Å². The number of rotatable bonds is 5. The molecule has 7 nitrogen and oxygen atoms in total. The number of fused-ring (bicyclic) bond motifs is 1. The number of nitrogens with zero attached hydrogens (tertiary/aromatic N) is 3. The van der Waals surface area contributed by atoms with Crippen LogP contribution in [0.5, 0.6) is 5.75 Å². The van der Waals surface area contributed by atoms with Crippen molar-refractivity contribution in [2.24, 2.45) is 0 Å². The van der Waals surface area contributed by atoms with Gasteiger partial charge in [-0.25, -0.2) is 14.8 Å². The summed E-state index contributed by atoms with van der Waals surface area (Å²) in [6.07, 6.45) is 8.55. The summed E-state index contributed by atoms with van der Waals surface area (Å²) in [5, 5.41) is 5.96. The third kappa shape index (κ3) is 4.08. The van der Waals surface area contributed by atoms with Gasteiger partial charge in [-0.1, -0.05) is 12.2 Å². The van der Waals surface area contributed by atoms with Gasteiger partial charge in [-0.2, -0.15) is 0 Å². The van der Waals surface area contributed by atoms with E-state index < -0.39 is 0 Å². The van der Waals surface area contributed by atoms with Crippen LogP contribution in [0.2, 0.25) is 0 Å². The topological polar surface area (TPSA) is 79.4 Å². The summed E-state index contributed by atoms with van der Waals surface area (Å²) >= 11 is 0. The number of carbonyl (C=O) groups excluding carboxylic acids is 1. The molecule has 1 aromatic heterocycles. The lowest BCUT2D eigenvalue weighted by Crippen LogP contribution is -2.46. The molecule has 7 heteroatoms. The van der Waals surface area contributed by atoms with Crippen molar-refractivity contribution in [3.05, 3.63) is 47.9 Å². The minimum atomic E-state index is -0.173. The van der Waals surface area contributed by atoms with Gasteiger partial charge >= 0.3 is 6.03 Å². The maximum Gasteiger partial charge on any atom is 0.319 e. The number of piperidine rings is 1. The highest BCUT2D eigenvalue weighted by Gasteiger charge is 2.24. The highest BCUT2D eigenvalue weighted by Crippen LogP contribution is 2.28. The second kappa shape index (κ2) is 8.29. The van der Waals surface area contributed by atoms with E-state index in [9.17, 15) is 4.79 Å². The molecule has 0 atom stereocenters. The van der Waals surface area contributed by atoms with Crippen LogP contribution in [-0.4, -0.2) is 41.7 Å². The third-order valence-electron chi connectivity index (χ3n) is 5.09. The molecule has 28 heavy (non-hydrogen) atoms. The lowest BCUT2D eigenvalue weighted by atomic mass is 10.0. The smallest absolute Gasteiger partial charge is 0.319 e. The van der Waals surface area contributed by atoms with Crippen molar-refractivity contribution < 1.29 is 9.53 Å². The average Bonchev–Trinajstić information content (AvgIpc) is 3.19. The summed E-state index contributed by atoms with van der Waals surface area (Å²) in [5.74, 6) is 1.81. The number of carbonyl (C=O) groups is 1. The molecule has 1 aliphatic heterocycles. The molecule has 2 aromatic rings. The minimum absolute atomic E-state index is 0.157. The average molecular weight is 379 g/mol. The number of amides is 2. The van der Waals surface area contributed by atoms with Gasteiger partial charge in [0.25, 0.3) is 0 Å². The molecule has 1 fully saturated rings. The molecule has 0 saturated carbocycles. The van der Waals surface area contributed by atoms with Gasteiger partial charge in [0.15, 0.2) is 0 Å². The van der Waals surface area contributed by atoms with Crippen molar-refractivity contribution in [3.8, 4) is 5.75 Å². The van der Waals surface area contributed by atoms with Crippen LogP contribution in [0.15, 0.2) is 36.7 Å². The fourth-order valence-corrected chi connectivity index (χ4v) is 3.68. The molecule has 0 radical (unpaired) electrons. The van der Waals surface area contributed by atoms with E-state index in [1.54, 1.807) is 6.33 Å². The zero-order valence-electron chi connectivity index (χ0n) is 16.0. The minimum Gasteiger partial charge on any atom is -0.494 e. The number of nitrogens with one attached hydrogen (secondary N) is 2. The molecule has 1 saturated heterocycles. The quantitative estimate of drug-likeness (QED) is 0.834. The standard InChI is InChI=1S/C21H25N5O2/c1-2-28-17-8-6-15(7-9-17)24-21(27)25-16-10-12-26(13-11-16)20-18-4-3-5-19(18)22-14-23-20/h3-4,6-9,14,16H,2,5,10-13H2,1H3,(H2,24,25,27). The monoisotopic (exact) mass is 379 g/mol. The Hall–Kier alpha value is -3.09. The Morgan fingerprint density at radius 3 is 2.75 bits per heavy atom. The molecule has 0 unspecified atom stereocenters. The molecule has 146 valence electrons. The first-order valence-electron chi connectivity index (χ1n) is 9.78. The molecule has 0 spiro atoms. The molecule has 4 rings (SSSR count). The number of hydrogen-bond acceptors (Lipinski definition) is 5. The zero-order valence-corrected chi connectivity index (χ0v) is 16.0. The van der Waals surface area contributed by atoms with E-state index in [0.717, 1.165) is 60.9 Å². The van der Waals surface area contributed by atoms with Crippen molar-refractivity contribution in [3.63, 3.8) is 0 Å². The largest absolute Gasteiger partial charge is 0.494 e. The van der Waals surface area contributed by atoms with E-state index in [4.69, 9.17) is 4.74 Å². The molecule has 2 aliphatic rings. The lowest BCUT2D eigenvalue weighted by Gasteiger charge is -2.33. The Morgan fingerprint density at radius 1 is 1.21 bits per heavy atom. The molecule has 0 bridgehead atoms. The van der Waals surface area contributed by atoms with Crippen LogP contribution in [0.3, 0.4) is 0 Å². The number of benzene rings is 1. The highest BCUT2D eigenvalue weighted by molar-refractivity contribution is 5.89. The lowest BCUT2D eigenvalue weighted by molar-refractivity contribution is 0.246. The highest BCUT2D eigenvalue weighted by atomic mass is 16.5. The van der Waals surface area contributed by atoms with Crippen molar-refractivity contribution >= 4 is 23.6 Å². The molecule has 1 aromatic carbocycles. The van der Waals surface area contributed by atoms with E-state index in [1.807, 2.05) is 31.2 Å². The Balaban J connectivity index is 1.28. The maximum absolute atomic E-state index is 12.3. The Morgan fingerprint density at radius 2 is 2.00 bits per heavy atom. The van der Waals surface area contributed by atoms with Gasteiger partial charge in [0.2, 0.25) is 0 Å². The summed E-state index contributed by atoms with van der Waals surface area (Å²) in [6, 6.07) is 7.38. The first-order valence-corrected chi connectivity index (χ1v) is 9.78. The van der Waals surface area contributed by atoms with Gasteiger partial charge in [-0.05, 0) is 44.0 Å². The van der Waals surface area contributed by atoms with Gasteiger partial charge in [0, 0.05) is 36.8 Å². The second-order valence-corrected chi connectivity index (χ2v) is 6.98. The zero-order chi connectivity index (χ0) is 19.3. The van der Waals surface area contributed by atoms with Gasteiger partial charge in [0.05, 0.1) is 12.3 Å². The second-order valence-electron chi connectivity index (χ2n) is 6.98. The summed E-state index contributed by atoms with van der Waals surface area (Å²) in [6.45, 7) is 4.30. The van der Waals surface area contributed by atoms with E-state index in [1.165, 1.54) is 0 Å². The molecular weight excluding hydrogens is 354 g/mol. The molecular formula is C21H25N5O2. The summed E-state index contributed by atoms with van der Waals surface area (Å²) < 4.78 is 5.42. The van der Waals surface area contributed by atoms with Gasteiger partial charge < -0.3 is 20.3 Å². The van der Waals surface area contributed by atoms with Crippen LogP contribution in [0.1, 0.15) is 31.0 Å². The Labute approximate surface area is 164 Å². The predicted molar refractivity (Wildman–Crippen MR) is 110 cm³/mol. The van der Waals surface area contributed by atoms with E-state index >= 15 is 0 Å². The van der Waals surface area contributed by atoms with Crippen LogP contribution >= 0.6 is 0 Å². The first-order chi connectivity index (χ1) is 13.7. The van der Waals surface area contributed by atoms with Crippen molar-refractivity contribution in [2.45, 2.75) is 32.2 Å². The molecule has 2 amide bonds. The Kier molecular flexibility index (Phi) is 5.41. The van der Waals surface area contributed by atoms with Crippen LogP contribution in [-0.2, 0) is 6.42 Å². The fourth-order valence-electron chi connectivity index (χ4n) is 3.68. The number of urea groups is 1. The maximum atomic E-state index is 12.3. The fraction of sp³-hybridized carbons (Fsp3) is 0.381. The first kappa shape index (κ1) is 18.3.